The van der Waals surface area contributed by atoms with Crippen LogP contribution in [0.4, 0.5) is 0 Å². The lowest BCUT2D eigenvalue weighted by Gasteiger charge is -2.14. The molecule has 15 rings (SSSR count). The van der Waals surface area contributed by atoms with Crippen molar-refractivity contribution in [2.45, 2.75) is 76.2 Å². The smallest absolute Gasteiger partial charge is 0.233 e. The van der Waals surface area contributed by atoms with Crippen molar-refractivity contribution in [3.05, 3.63) is 335 Å². The summed E-state index contributed by atoms with van der Waals surface area (Å²) in [6.45, 7) is 24.2. The highest BCUT2D eigenvalue weighted by Crippen LogP contribution is 2.38. The molecule has 8 heteroatoms. The lowest BCUT2D eigenvalue weighted by Crippen LogP contribution is -2.30. The lowest BCUT2D eigenvalue weighted by atomic mass is 9.93. The van der Waals surface area contributed by atoms with Crippen LogP contribution >= 0.6 is 0 Å². The van der Waals surface area contributed by atoms with E-state index < -0.39 is 0 Å². The van der Waals surface area contributed by atoms with Gasteiger partial charge in [0.2, 0.25) is 0 Å². The zero-order valence-corrected chi connectivity index (χ0v) is 62.1. The monoisotopic (exact) mass is 1320 g/mol. The fourth-order valence-corrected chi connectivity index (χ4v) is 15.1. The largest absolute Gasteiger partial charge is 0.294 e. The Balaban J connectivity index is 0.000000128. The van der Waals surface area contributed by atoms with E-state index in [2.05, 4.69) is 429 Å². The summed E-state index contributed by atoms with van der Waals surface area (Å²) in [7, 11) is 12.7. The SMILES string of the molecule is Cc1cc(C)c(-n2cc[n+](C)c2-c2cccc(-c3ccccc3C)c2C)c(C)c1.Cc1ccccc1-c1cccc(-c2n(-c3ccccc3)cc[n+]2C)c1C.Cc1ccccc1-c1cccc(-c2n(C)c3ccccc3[n+]2C)c1C.Cc1ccccc1-c1cccc(-c2n(C)cc[n+]2C)c1C. The Hall–Kier alpha value is -11.5. The fourth-order valence-electron chi connectivity index (χ4n) is 15.1. The van der Waals surface area contributed by atoms with Crippen LogP contribution in [0.5, 0.6) is 0 Å². The van der Waals surface area contributed by atoms with E-state index in [1.165, 1.54) is 174 Å². The average molecular weight is 1330 g/mol. The van der Waals surface area contributed by atoms with Crippen molar-refractivity contribution >= 4 is 11.0 Å². The molecule has 0 unspecified atom stereocenters. The first kappa shape index (κ1) is 69.4. The number of para-hydroxylation sites is 3. The van der Waals surface area contributed by atoms with Crippen molar-refractivity contribution < 1.29 is 18.3 Å². The summed E-state index contributed by atoms with van der Waals surface area (Å²) >= 11 is 0. The van der Waals surface area contributed by atoms with Crippen LogP contribution in [0.1, 0.15) is 61.2 Å². The van der Waals surface area contributed by atoms with Gasteiger partial charge in [0.15, 0.2) is 11.0 Å². The van der Waals surface area contributed by atoms with Crippen molar-refractivity contribution in [2.24, 2.45) is 42.3 Å². The van der Waals surface area contributed by atoms with Gasteiger partial charge in [-0.05, 0) is 225 Å². The summed E-state index contributed by atoms with van der Waals surface area (Å²) in [5.41, 5.74) is 34.8. The van der Waals surface area contributed by atoms with Crippen molar-refractivity contribution in [3.8, 4) is 101 Å². The number of hydrogen-bond donors (Lipinski definition) is 0. The first-order valence-corrected chi connectivity index (χ1v) is 35.1. The Labute approximate surface area is 598 Å². The zero-order chi connectivity index (χ0) is 71.3. The summed E-state index contributed by atoms with van der Waals surface area (Å²) in [6, 6.07) is 84.4. The number of hydrogen-bond acceptors (Lipinski definition) is 0. The molecule has 0 bridgehead atoms. The molecular weight excluding hydrogens is 1230 g/mol. The number of aryl methyl sites for hydroxylation is 13. The zero-order valence-electron chi connectivity index (χ0n) is 62.1. The van der Waals surface area contributed by atoms with E-state index in [4.69, 9.17) is 0 Å². The molecule has 0 saturated heterocycles. The van der Waals surface area contributed by atoms with E-state index in [0.717, 1.165) is 0 Å². The Morgan fingerprint density at radius 2 is 0.584 bits per heavy atom. The Bertz CT molecular complexity index is 5430. The van der Waals surface area contributed by atoms with Crippen LogP contribution in [-0.4, -0.2) is 18.3 Å². The summed E-state index contributed by atoms with van der Waals surface area (Å²) < 4.78 is 17.9. The third-order valence-electron chi connectivity index (χ3n) is 20.4. The van der Waals surface area contributed by atoms with Gasteiger partial charge in [0, 0.05) is 0 Å². The summed E-state index contributed by atoms with van der Waals surface area (Å²) in [6.07, 6.45) is 12.8. The third kappa shape index (κ3) is 13.9. The second kappa shape index (κ2) is 29.9. The number of rotatable bonds is 10. The predicted octanol–water partition coefficient (Wildman–Crippen LogP) is 20.2. The van der Waals surface area contributed by atoms with Gasteiger partial charge < -0.3 is 0 Å². The Morgan fingerprint density at radius 3 is 0.980 bits per heavy atom. The van der Waals surface area contributed by atoms with Crippen molar-refractivity contribution in [2.75, 3.05) is 0 Å². The van der Waals surface area contributed by atoms with E-state index in [0.29, 0.717) is 0 Å². The van der Waals surface area contributed by atoms with E-state index in [-0.39, 0.29) is 0 Å². The molecule has 15 aromatic rings. The minimum absolute atomic E-state index is 1.17. The van der Waals surface area contributed by atoms with Gasteiger partial charge in [-0.1, -0.05) is 194 Å². The number of nitrogens with zero attached hydrogens (tertiary/aromatic N) is 8. The molecule has 0 atom stereocenters. The van der Waals surface area contributed by atoms with Gasteiger partial charge in [-0.3, -0.25) is 0 Å². The quantitative estimate of drug-likeness (QED) is 0.122. The number of imidazole rings is 4. The molecule has 4 heterocycles. The molecule has 0 fully saturated rings. The van der Waals surface area contributed by atoms with E-state index in [9.17, 15) is 0 Å². The van der Waals surface area contributed by atoms with Gasteiger partial charge in [0.1, 0.15) is 48.6 Å². The maximum Gasteiger partial charge on any atom is 0.294 e. The average Bonchev–Trinajstić information content (AvgIpc) is 1.72. The second-order valence-electron chi connectivity index (χ2n) is 27.2. The van der Waals surface area contributed by atoms with Crippen LogP contribution in [0.15, 0.2) is 274 Å². The highest BCUT2D eigenvalue weighted by molar-refractivity contribution is 5.83. The van der Waals surface area contributed by atoms with Gasteiger partial charge >= 0.3 is 0 Å². The van der Waals surface area contributed by atoms with Gasteiger partial charge in [-0.15, -0.1) is 0 Å². The van der Waals surface area contributed by atoms with Crippen LogP contribution in [0, 0.1) is 76.2 Å². The lowest BCUT2D eigenvalue weighted by molar-refractivity contribution is -0.659. The van der Waals surface area contributed by atoms with Crippen molar-refractivity contribution in [3.63, 3.8) is 0 Å². The molecule has 0 saturated carbocycles. The molecule has 8 nitrogen and oxygen atoms in total. The Morgan fingerprint density at radius 1 is 0.267 bits per heavy atom. The van der Waals surface area contributed by atoms with Crippen molar-refractivity contribution in [1.29, 1.82) is 0 Å². The molecule has 4 aromatic heterocycles. The second-order valence-corrected chi connectivity index (χ2v) is 27.2. The maximum absolute atomic E-state index is 2.34. The van der Waals surface area contributed by atoms with Crippen LogP contribution in [0.25, 0.3) is 112 Å². The highest BCUT2D eigenvalue weighted by atomic mass is 15.2. The molecule has 11 aromatic carbocycles. The molecule has 0 aliphatic heterocycles. The molecule has 0 aliphatic carbocycles. The van der Waals surface area contributed by atoms with Crippen LogP contribution in [0.3, 0.4) is 0 Å². The molecule has 0 N–H and O–H groups in total. The van der Waals surface area contributed by atoms with Gasteiger partial charge in [-0.25, -0.2) is 27.4 Å². The normalized spacial score (nSPS) is 11.0. The van der Waals surface area contributed by atoms with Crippen LogP contribution < -0.4 is 18.3 Å². The maximum atomic E-state index is 2.34. The summed E-state index contributed by atoms with van der Waals surface area (Å²) in [5.74, 6) is 4.84. The molecule has 504 valence electrons. The van der Waals surface area contributed by atoms with Gasteiger partial charge in [0.25, 0.3) is 23.3 Å². The van der Waals surface area contributed by atoms with Gasteiger partial charge in [0.05, 0.1) is 64.5 Å². The molecule has 101 heavy (non-hydrogen) atoms. The number of aromatic nitrogens is 8. The third-order valence-corrected chi connectivity index (χ3v) is 20.4. The molecule has 0 amide bonds. The standard InChI is InChI=1S/C27H29N2.C24H23N2.C23H23N2.C19H21N2/c1-18-16-20(3)26(21(4)17-18)29-15-14-28(6)27(29)25-13-9-12-24(22(25)5)23-11-8-7-10-19(23)2;1-18-10-7-8-13-21(18)22-14-9-15-23(19(22)2)24-25(3)16-17-26(24)20-11-5-4-6-12-20;1-16-10-5-6-11-18(16)19-12-9-13-20(17(19)2)23-24(3)21-14-7-8-15-22(21)25(23)4;1-14-8-5-6-9-16(14)17-10-7-11-18(15(17)2)19-20(3)12-13-21(19)4/h7-17H,1-6H3;4-17H,1-3H3;5-15H,1-4H3;5-13H,1-4H3/q4*+1. The van der Waals surface area contributed by atoms with E-state index >= 15 is 0 Å². The van der Waals surface area contributed by atoms with Crippen LogP contribution in [-0.2, 0) is 42.3 Å². The highest BCUT2D eigenvalue weighted by Gasteiger charge is 2.28. The van der Waals surface area contributed by atoms with E-state index in [1.54, 1.807) is 0 Å². The minimum Gasteiger partial charge on any atom is -0.233 e. The first-order valence-electron chi connectivity index (χ1n) is 35.1. The predicted molar refractivity (Wildman–Crippen MR) is 420 cm³/mol. The summed E-state index contributed by atoms with van der Waals surface area (Å²) in [4.78, 5) is 0. The minimum atomic E-state index is 1.17. The topological polar surface area (TPSA) is 35.2 Å². The Kier molecular flexibility index (Phi) is 20.6. The number of fused-ring (bicyclic) bond motifs is 1. The summed E-state index contributed by atoms with van der Waals surface area (Å²) in [5, 5.41) is 0. The van der Waals surface area contributed by atoms with Gasteiger partial charge in [-0.2, -0.15) is 9.13 Å². The molecule has 0 aliphatic rings. The molecule has 0 radical (unpaired) electrons. The van der Waals surface area contributed by atoms with Crippen LogP contribution in [0.2, 0.25) is 0 Å². The fraction of sp³-hybridized carbons (Fsp3) is 0.183. The molecule has 0 spiro atoms. The first-order chi connectivity index (χ1) is 48.7. The molecular formula is C93H96N8+4. The van der Waals surface area contributed by atoms with Crippen molar-refractivity contribution in [1.82, 2.24) is 18.3 Å². The van der Waals surface area contributed by atoms with E-state index in [1.807, 2.05) is 0 Å². The number of benzene rings is 11.